The van der Waals surface area contributed by atoms with E-state index in [1.54, 1.807) is 20.8 Å². The monoisotopic (exact) mass is 354 g/mol. The second kappa shape index (κ2) is 11.4. The molecule has 0 heterocycles. The zero-order valence-electron chi connectivity index (χ0n) is 12.8. The summed E-state index contributed by atoms with van der Waals surface area (Å²) < 4.78 is 4.92. The van der Waals surface area contributed by atoms with E-state index in [1.165, 1.54) is 21.6 Å². The number of rotatable bonds is 10. The molecule has 0 aliphatic heterocycles. The Hall–Kier alpha value is -1.13. The number of aliphatic carboxylic acids is 1. The first-order chi connectivity index (χ1) is 10.2. The lowest BCUT2D eigenvalue weighted by Crippen LogP contribution is -2.36. The zero-order chi connectivity index (χ0) is 17.0. The maximum Gasteiger partial charge on any atom is 0.431 e. The highest BCUT2D eigenvalue weighted by molar-refractivity contribution is 8.76. The van der Waals surface area contributed by atoms with E-state index in [-0.39, 0.29) is 18.9 Å². The summed E-state index contributed by atoms with van der Waals surface area (Å²) in [4.78, 5) is 37.6. The number of amides is 2. The number of ether oxygens (including phenoxy) is 1. The first kappa shape index (κ1) is 20.9. The molecule has 2 amide bonds. The number of carboxylic acids is 1. The predicted molar refractivity (Wildman–Crippen MR) is 85.5 cm³/mol. The molecule has 0 saturated heterocycles. The SMILES string of the molecule is CC(C)(C)OC(=O)NOCC(=O)NCCSSCCC(=O)O. The molecule has 8 nitrogen and oxygen atoms in total. The van der Waals surface area contributed by atoms with Crippen molar-refractivity contribution in [1.82, 2.24) is 10.8 Å². The van der Waals surface area contributed by atoms with Crippen LogP contribution in [0.1, 0.15) is 27.2 Å². The standard InChI is InChI=1S/C12H22N2O6S2/c1-12(2,3)20-11(18)14-19-8-9(15)13-5-7-22-21-6-4-10(16)17/h4-8H2,1-3H3,(H,13,15)(H,14,18)(H,16,17). The van der Waals surface area contributed by atoms with E-state index in [2.05, 4.69) is 5.32 Å². The van der Waals surface area contributed by atoms with Crippen LogP contribution < -0.4 is 10.8 Å². The van der Waals surface area contributed by atoms with Crippen LogP contribution in [0, 0.1) is 0 Å². The molecule has 0 aliphatic rings. The van der Waals surface area contributed by atoms with Crippen LogP contribution in [0.3, 0.4) is 0 Å². The minimum atomic E-state index is -0.823. The summed E-state index contributed by atoms with van der Waals surface area (Å²) in [6.45, 7) is 5.26. The van der Waals surface area contributed by atoms with Crippen LogP contribution in [-0.2, 0) is 19.2 Å². The topological polar surface area (TPSA) is 114 Å². The Labute approximate surface area is 137 Å². The maximum atomic E-state index is 11.4. The van der Waals surface area contributed by atoms with E-state index >= 15 is 0 Å². The number of hydrogen-bond donors (Lipinski definition) is 3. The highest BCUT2D eigenvalue weighted by atomic mass is 33.1. The molecule has 10 heteroatoms. The van der Waals surface area contributed by atoms with Gasteiger partial charge in [-0.1, -0.05) is 21.6 Å². The normalized spacial score (nSPS) is 10.9. The van der Waals surface area contributed by atoms with E-state index in [0.29, 0.717) is 18.1 Å². The number of carbonyl (C=O) groups excluding carboxylic acids is 2. The molecule has 128 valence electrons. The van der Waals surface area contributed by atoms with Crippen LogP contribution in [0.2, 0.25) is 0 Å². The van der Waals surface area contributed by atoms with Crippen molar-refractivity contribution in [3.8, 4) is 0 Å². The smallest absolute Gasteiger partial charge is 0.431 e. The number of hydrogen-bond acceptors (Lipinski definition) is 7. The molecule has 0 atom stereocenters. The quantitative estimate of drug-likeness (QED) is 0.307. The van der Waals surface area contributed by atoms with Gasteiger partial charge in [-0.05, 0) is 20.8 Å². The van der Waals surface area contributed by atoms with E-state index in [1.807, 2.05) is 5.48 Å². The highest BCUT2D eigenvalue weighted by Crippen LogP contribution is 2.20. The van der Waals surface area contributed by atoms with E-state index in [4.69, 9.17) is 14.7 Å². The first-order valence-corrected chi connectivity index (χ1v) is 9.03. The molecule has 0 unspecified atom stereocenters. The number of hydroxylamine groups is 1. The van der Waals surface area contributed by atoms with Gasteiger partial charge in [-0.25, -0.2) is 4.79 Å². The lowest BCUT2D eigenvalue weighted by Gasteiger charge is -2.19. The van der Waals surface area contributed by atoms with Gasteiger partial charge in [-0.3, -0.25) is 14.4 Å². The summed E-state index contributed by atoms with van der Waals surface area (Å²) >= 11 is 0. The summed E-state index contributed by atoms with van der Waals surface area (Å²) in [5, 5.41) is 11.0. The maximum absolute atomic E-state index is 11.4. The van der Waals surface area contributed by atoms with Gasteiger partial charge in [0.25, 0.3) is 0 Å². The molecule has 0 fully saturated rings. The number of nitrogens with one attached hydrogen (secondary N) is 2. The van der Waals surface area contributed by atoms with Gasteiger partial charge in [0, 0.05) is 18.1 Å². The minimum Gasteiger partial charge on any atom is -0.481 e. The van der Waals surface area contributed by atoms with Crippen molar-refractivity contribution >= 4 is 39.6 Å². The van der Waals surface area contributed by atoms with Gasteiger partial charge in [-0.2, -0.15) is 5.48 Å². The average molecular weight is 354 g/mol. The minimum absolute atomic E-state index is 0.119. The molecule has 0 saturated carbocycles. The van der Waals surface area contributed by atoms with Crippen molar-refractivity contribution in [3.63, 3.8) is 0 Å². The fraction of sp³-hybridized carbons (Fsp3) is 0.750. The Morgan fingerprint density at radius 2 is 1.77 bits per heavy atom. The van der Waals surface area contributed by atoms with Crippen LogP contribution in [0.4, 0.5) is 4.79 Å². The fourth-order valence-electron chi connectivity index (χ4n) is 0.989. The molecule has 3 N–H and O–H groups in total. The van der Waals surface area contributed by atoms with Gasteiger partial charge in [0.15, 0.2) is 6.61 Å². The fourth-order valence-corrected chi connectivity index (χ4v) is 2.88. The van der Waals surface area contributed by atoms with Gasteiger partial charge in [0.05, 0.1) is 6.42 Å². The van der Waals surface area contributed by atoms with Crippen molar-refractivity contribution in [2.45, 2.75) is 32.8 Å². The van der Waals surface area contributed by atoms with Gasteiger partial charge in [0.1, 0.15) is 5.60 Å². The third-order valence-corrected chi connectivity index (χ3v) is 4.16. The van der Waals surface area contributed by atoms with E-state index in [9.17, 15) is 14.4 Å². The van der Waals surface area contributed by atoms with Gasteiger partial charge in [0.2, 0.25) is 5.91 Å². The number of carbonyl (C=O) groups is 3. The van der Waals surface area contributed by atoms with Crippen LogP contribution in [0.15, 0.2) is 0 Å². The average Bonchev–Trinajstić information content (AvgIpc) is 2.35. The van der Waals surface area contributed by atoms with E-state index < -0.39 is 17.7 Å². The zero-order valence-corrected chi connectivity index (χ0v) is 14.5. The molecule has 0 rings (SSSR count). The van der Waals surface area contributed by atoms with Crippen molar-refractivity contribution in [1.29, 1.82) is 0 Å². The third-order valence-electron chi connectivity index (χ3n) is 1.75. The van der Waals surface area contributed by atoms with Crippen molar-refractivity contribution in [2.75, 3.05) is 24.7 Å². The van der Waals surface area contributed by atoms with Crippen LogP contribution in [-0.4, -0.2) is 53.3 Å². The molecule has 0 spiro atoms. The first-order valence-electron chi connectivity index (χ1n) is 6.54. The summed E-state index contributed by atoms with van der Waals surface area (Å²) in [6.07, 6.45) is -0.639. The van der Waals surface area contributed by atoms with Crippen LogP contribution in [0.25, 0.3) is 0 Å². The van der Waals surface area contributed by atoms with Crippen LogP contribution >= 0.6 is 21.6 Å². The predicted octanol–water partition coefficient (Wildman–Crippen LogP) is 1.42. The van der Waals surface area contributed by atoms with Gasteiger partial charge < -0.3 is 15.2 Å². The number of carboxylic acid groups (broad SMARTS) is 1. The molecule has 0 bridgehead atoms. The lowest BCUT2D eigenvalue weighted by molar-refractivity contribution is -0.136. The Morgan fingerprint density at radius 1 is 1.14 bits per heavy atom. The Balaban J connectivity index is 3.47. The van der Waals surface area contributed by atoms with Crippen molar-refractivity contribution in [2.24, 2.45) is 0 Å². The third kappa shape index (κ3) is 15.3. The Bertz CT molecular complexity index is 373. The lowest BCUT2D eigenvalue weighted by atomic mass is 10.2. The second-order valence-corrected chi connectivity index (χ2v) is 7.73. The second-order valence-electron chi connectivity index (χ2n) is 5.03. The molecule has 0 radical (unpaired) electrons. The van der Waals surface area contributed by atoms with Crippen molar-refractivity contribution < 1.29 is 29.1 Å². The summed E-state index contributed by atoms with van der Waals surface area (Å²) in [5.74, 6) is -0.0184. The van der Waals surface area contributed by atoms with Crippen LogP contribution in [0.5, 0.6) is 0 Å². The largest absolute Gasteiger partial charge is 0.481 e. The highest BCUT2D eigenvalue weighted by Gasteiger charge is 2.16. The van der Waals surface area contributed by atoms with Gasteiger partial charge >= 0.3 is 12.1 Å². The molecule has 22 heavy (non-hydrogen) atoms. The van der Waals surface area contributed by atoms with Crippen molar-refractivity contribution in [3.05, 3.63) is 0 Å². The van der Waals surface area contributed by atoms with Gasteiger partial charge in [-0.15, -0.1) is 0 Å². The molecule has 0 aromatic rings. The molecule has 0 aromatic carbocycles. The molecular weight excluding hydrogens is 332 g/mol. The Morgan fingerprint density at radius 3 is 2.36 bits per heavy atom. The summed E-state index contributed by atoms with van der Waals surface area (Å²) in [5.41, 5.74) is 1.38. The van der Waals surface area contributed by atoms with E-state index in [0.717, 1.165) is 0 Å². The Kier molecular flexibility index (Phi) is 10.9. The summed E-state index contributed by atoms with van der Waals surface area (Å²) in [7, 11) is 2.92. The molecule has 0 aliphatic carbocycles. The summed E-state index contributed by atoms with van der Waals surface area (Å²) in [6, 6.07) is 0. The molecular formula is C12H22N2O6S2. The molecule has 0 aromatic heterocycles.